The number of rotatable bonds is 9. The number of nitrogens with zero attached hydrogens (tertiary/aromatic N) is 2. The number of fused-ring (bicyclic) bond motifs is 1. The molecule has 202 valence electrons. The minimum Gasteiger partial charge on any atom is -0.467 e. The van der Waals surface area contributed by atoms with Gasteiger partial charge in [0.25, 0.3) is 5.56 Å². The van der Waals surface area contributed by atoms with Crippen molar-refractivity contribution >= 4 is 40.7 Å². The summed E-state index contributed by atoms with van der Waals surface area (Å²) in [5.41, 5.74) is 4.45. The number of hydrogen-bond acceptors (Lipinski definition) is 8. The summed E-state index contributed by atoms with van der Waals surface area (Å²) >= 11 is 1.59. The number of H-pyrrole nitrogens is 1. The zero-order chi connectivity index (χ0) is 27.2. The minimum absolute atomic E-state index is 0.0867. The molecule has 1 amide bonds. The Morgan fingerprint density at radius 1 is 1.23 bits per heavy atom. The number of likely N-dealkylation sites (tertiary alicyclic amines) is 1. The van der Waals surface area contributed by atoms with Crippen LogP contribution < -0.4 is 16.2 Å². The van der Waals surface area contributed by atoms with Crippen molar-refractivity contribution in [2.45, 2.75) is 37.2 Å². The van der Waals surface area contributed by atoms with Crippen LogP contribution in [0.5, 0.6) is 0 Å². The summed E-state index contributed by atoms with van der Waals surface area (Å²) in [7, 11) is 1.35. The van der Waals surface area contributed by atoms with E-state index in [1.807, 2.05) is 54.6 Å². The first-order valence-electron chi connectivity index (χ1n) is 13.0. The third kappa shape index (κ3) is 6.40. The molecule has 10 heteroatoms. The van der Waals surface area contributed by atoms with E-state index in [0.717, 1.165) is 47.1 Å². The molecule has 0 aliphatic carbocycles. The number of methoxy groups -OCH3 is 1. The van der Waals surface area contributed by atoms with Gasteiger partial charge in [-0.2, -0.15) is 0 Å². The summed E-state index contributed by atoms with van der Waals surface area (Å²) in [6, 6.07) is 14.8. The summed E-state index contributed by atoms with van der Waals surface area (Å²) in [6.45, 7) is 0.740. The number of aromatic amines is 1. The SMILES string of the molecule is COC(=O)C1CCCN1C(=O)CNC1NC(CC/C=C/c2cccc(-c3nc4ccccc4[nH]c3=O)c2)=CS1. The van der Waals surface area contributed by atoms with Crippen LogP contribution in [0.3, 0.4) is 0 Å². The van der Waals surface area contributed by atoms with E-state index in [2.05, 4.69) is 32.1 Å². The molecule has 5 rings (SSSR count). The molecule has 3 N–H and O–H groups in total. The number of aromatic nitrogens is 2. The zero-order valence-electron chi connectivity index (χ0n) is 21.7. The predicted octanol–water partition coefficient (Wildman–Crippen LogP) is 3.60. The first kappa shape index (κ1) is 26.7. The van der Waals surface area contributed by atoms with E-state index in [0.29, 0.717) is 18.7 Å². The van der Waals surface area contributed by atoms with Crippen molar-refractivity contribution in [1.29, 1.82) is 0 Å². The first-order chi connectivity index (χ1) is 19.0. The van der Waals surface area contributed by atoms with Gasteiger partial charge in [-0.15, -0.1) is 0 Å². The molecule has 2 aliphatic heterocycles. The number of esters is 1. The molecule has 1 aromatic heterocycles. The lowest BCUT2D eigenvalue weighted by atomic mass is 10.1. The highest BCUT2D eigenvalue weighted by Crippen LogP contribution is 2.23. The molecule has 3 heterocycles. The van der Waals surface area contributed by atoms with E-state index >= 15 is 0 Å². The van der Waals surface area contributed by atoms with Gasteiger partial charge in [-0.1, -0.05) is 54.2 Å². The van der Waals surface area contributed by atoms with Gasteiger partial charge in [0.15, 0.2) is 0 Å². The van der Waals surface area contributed by atoms with Crippen LogP contribution in [-0.4, -0.2) is 58.5 Å². The van der Waals surface area contributed by atoms with E-state index in [4.69, 9.17) is 4.74 Å². The number of thioether (sulfide) groups is 1. The molecule has 3 aromatic rings. The molecule has 1 fully saturated rings. The van der Waals surface area contributed by atoms with Crippen LogP contribution in [0.15, 0.2) is 70.5 Å². The molecular weight excluding hydrogens is 514 g/mol. The van der Waals surface area contributed by atoms with Gasteiger partial charge < -0.3 is 19.9 Å². The maximum atomic E-state index is 12.6. The molecule has 0 bridgehead atoms. The van der Waals surface area contributed by atoms with E-state index in [1.165, 1.54) is 7.11 Å². The Morgan fingerprint density at radius 3 is 2.97 bits per heavy atom. The van der Waals surface area contributed by atoms with Gasteiger partial charge in [-0.3, -0.25) is 14.9 Å². The maximum Gasteiger partial charge on any atom is 0.328 e. The predicted molar refractivity (Wildman–Crippen MR) is 153 cm³/mol. The first-order valence-corrected chi connectivity index (χ1v) is 13.9. The van der Waals surface area contributed by atoms with E-state index in [9.17, 15) is 14.4 Å². The molecule has 2 aliphatic rings. The molecule has 1 saturated heterocycles. The summed E-state index contributed by atoms with van der Waals surface area (Å²) in [5, 5.41) is 8.70. The Labute approximate surface area is 230 Å². The fourth-order valence-electron chi connectivity index (χ4n) is 4.82. The zero-order valence-corrected chi connectivity index (χ0v) is 22.5. The lowest BCUT2D eigenvalue weighted by molar-refractivity contribution is -0.150. The number of nitrogens with one attached hydrogen (secondary N) is 3. The summed E-state index contributed by atoms with van der Waals surface area (Å²) in [5.74, 6) is -0.443. The molecular formula is C29H31N5O4S. The maximum absolute atomic E-state index is 12.6. The summed E-state index contributed by atoms with van der Waals surface area (Å²) in [4.78, 5) is 46.2. The molecule has 2 aromatic carbocycles. The topological polar surface area (TPSA) is 116 Å². The van der Waals surface area contributed by atoms with Crippen LogP contribution in [0.1, 0.15) is 31.2 Å². The number of hydrogen-bond donors (Lipinski definition) is 3. The van der Waals surface area contributed by atoms with Gasteiger partial charge >= 0.3 is 5.97 Å². The highest BCUT2D eigenvalue weighted by Gasteiger charge is 2.34. The fourth-order valence-corrected chi connectivity index (χ4v) is 5.70. The molecule has 9 nitrogen and oxygen atoms in total. The van der Waals surface area contributed by atoms with Crippen LogP contribution in [-0.2, 0) is 14.3 Å². The van der Waals surface area contributed by atoms with Crippen molar-refractivity contribution in [2.75, 3.05) is 20.2 Å². The molecule has 0 saturated carbocycles. The third-order valence-electron chi connectivity index (χ3n) is 6.80. The standard InChI is InChI=1S/C29H31N5O4S/c1-38-28(37)24-14-7-15-34(24)25(35)17-30-29-31-21(18-39-29)11-3-2-8-19-9-6-10-20(16-19)26-27(36)33-23-13-5-4-12-22(23)32-26/h2,4-6,8-10,12-13,16,18,24,29-31H,3,7,11,14-15,17H2,1H3,(H,33,36)/b8-2+. The van der Waals surface area contributed by atoms with Crippen molar-refractivity contribution in [3.8, 4) is 11.3 Å². The van der Waals surface area contributed by atoms with Crippen LogP contribution in [0.4, 0.5) is 0 Å². The van der Waals surface area contributed by atoms with Crippen LogP contribution in [0, 0.1) is 0 Å². The monoisotopic (exact) mass is 545 g/mol. The van der Waals surface area contributed by atoms with Crippen molar-refractivity contribution in [1.82, 2.24) is 25.5 Å². The smallest absolute Gasteiger partial charge is 0.328 e. The van der Waals surface area contributed by atoms with Gasteiger partial charge in [0.2, 0.25) is 5.91 Å². The lowest BCUT2D eigenvalue weighted by Gasteiger charge is -2.24. The number of para-hydroxylation sites is 2. The number of allylic oxidation sites excluding steroid dienone is 2. The molecule has 2 atom stereocenters. The second kappa shape index (κ2) is 12.3. The Hall–Kier alpha value is -3.89. The largest absolute Gasteiger partial charge is 0.467 e. The summed E-state index contributed by atoms with van der Waals surface area (Å²) in [6.07, 6.45) is 7.27. The van der Waals surface area contributed by atoms with Crippen LogP contribution in [0.25, 0.3) is 28.4 Å². The summed E-state index contributed by atoms with van der Waals surface area (Å²) < 4.78 is 4.83. The number of carbonyl (C=O) groups excluding carboxylic acids is 2. The fraction of sp³-hybridized carbons (Fsp3) is 0.310. The average molecular weight is 546 g/mol. The average Bonchev–Trinajstić information content (AvgIpc) is 3.63. The Bertz CT molecular complexity index is 1480. The lowest BCUT2D eigenvalue weighted by Crippen LogP contribution is -2.47. The minimum atomic E-state index is -0.473. The van der Waals surface area contributed by atoms with Crippen molar-refractivity contribution in [3.63, 3.8) is 0 Å². The van der Waals surface area contributed by atoms with Crippen molar-refractivity contribution in [2.24, 2.45) is 0 Å². The second-order valence-electron chi connectivity index (χ2n) is 9.45. The van der Waals surface area contributed by atoms with Crippen molar-refractivity contribution < 1.29 is 14.3 Å². The van der Waals surface area contributed by atoms with Gasteiger partial charge in [-0.25, -0.2) is 9.78 Å². The normalized spacial score (nSPS) is 18.9. The number of carbonyl (C=O) groups is 2. The highest BCUT2D eigenvalue weighted by atomic mass is 32.2. The van der Waals surface area contributed by atoms with E-state index in [-0.39, 0.29) is 29.5 Å². The van der Waals surface area contributed by atoms with Gasteiger partial charge in [0, 0.05) is 17.8 Å². The van der Waals surface area contributed by atoms with Gasteiger partial charge in [0.05, 0.1) is 24.7 Å². The molecule has 0 spiro atoms. The van der Waals surface area contributed by atoms with Crippen LogP contribution >= 0.6 is 11.8 Å². The highest BCUT2D eigenvalue weighted by molar-refractivity contribution is 8.02. The van der Waals surface area contributed by atoms with Gasteiger partial charge in [0.1, 0.15) is 17.2 Å². The third-order valence-corrected chi connectivity index (χ3v) is 7.78. The number of ether oxygens (including phenoxy) is 1. The Morgan fingerprint density at radius 2 is 2.10 bits per heavy atom. The van der Waals surface area contributed by atoms with E-state index < -0.39 is 6.04 Å². The van der Waals surface area contributed by atoms with E-state index in [1.54, 1.807) is 16.7 Å². The molecule has 2 unspecified atom stereocenters. The Kier molecular flexibility index (Phi) is 8.43. The van der Waals surface area contributed by atoms with Crippen molar-refractivity contribution in [3.05, 3.63) is 81.6 Å². The van der Waals surface area contributed by atoms with Gasteiger partial charge in [-0.05, 0) is 54.9 Å². The molecule has 39 heavy (non-hydrogen) atoms. The van der Waals surface area contributed by atoms with Crippen LogP contribution in [0.2, 0.25) is 0 Å². The second-order valence-corrected chi connectivity index (χ2v) is 10.4. The molecule has 0 radical (unpaired) electrons. The quantitative estimate of drug-likeness (QED) is 0.350. The number of amides is 1. The Balaban J connectivity index is 1.09. The number of benzene rings is 2.